The van der Waals surface area contributed by atoms with E-state index in [1.54, 1.807) is 13.0 Å². The Morgan fingerprint density at radius 2 is 1.80 bits per heavy atom. The maximum atomic E-state index is 10.6. The average molecular weight is 140 g/mol. The Morgan fingerprint density at radius 3 is 2.20 bits per heavy atom. The Morgan fingerprint density at radius 1 is 1.30 bits per heavy atom. The quantitative estimate of drug-likeness (QED) is 0.284. The van der Waals surface area contributed by atoms with Crippen LogP contribution in [0.15, 0.2) is 11.6 Å². The lowest BCUT2D eigenvalue weighted by Crippen LogP contribution is -2.19. The number of carbonyl (C=O) groups excluding carboxylic acids is 2. The molecule has 0 aromatic heterocycles. The number of cyclic esters (lactones) is 2. The van der Waals surface area contributed by atoms with Crippen molar-refractivity contribution < 1.29 is 14.3 Å². The Bertz CT molecular complexity index is 185. The lowest BCUT2D eigenvalue weighted by atomic mass is 10.1. The molecule has 0 aliphatic carbocycles. The van der Waals surface area contributed by atoms with Gasteiger partial charge < -0.3 is 4.74 Å². The van der Waals surface area contributed by atoms with Crippen molar-refractivity contribution >= 4 is 11.9 Å². The van der Waals surface area contributed by atoms with Crippen LogP contribution in [0.25, 0.3) is 0 Å². The van der Waals surface area contributed by atoms with Crippen molar-refractivity contribution in [3.05, 3.63) is 11.6 Å². The summed E-state index contributed by atoms with van der Waals surface area (Å²) >= 11 is 0. The van der Waals surface area contributed by atoms with Crippen molar-refractivity contribution in [2.24, 2.45) is 0 Å². The van der Waals surface area contributed by atoms with E-state index in [9.17, 15) is 9.59 Å². The number of hydrogen-bond acceptors (Lipinski definition) is 3. The van der Waals surface area contributed by atoms with Crippen LogP contribution in [0.5, 0.6) is 0 Å². The first-order chi connectivity index (χ1) is 4.72. The third-order valence-electron chi connectivity index (χ3n) is 1.38. The average Bonchev–Trinajstić information content (AvgIpc) is 1.85. The number of rotatable bonds is 0. The Balaban J connectivity index is 2.68. The second-order valence-corrected chi connectivity index (χ2v) is 2.15. The monoisotopic (exact) mass is 140 g/mol. The SMILES string of the molecule is CC=C1CC(=O)OC(=O)C1. The van der Waals surface area contributed by atoms with E-state index in [0.717, 1.165) is 5.57 Å². The number of carbonyl (C=O) groups is 2. The van der Waals surface area contributed by atoms with Crippen molar-refractivity contribution in [2.45, 2.75) is 19.8 Å². The molecule has 1 heterocycles. The normalized spacial score (nSPS) is 18.7. The molecule has 3 heteroatoms. The molecular weight excluding hydrogens is 132 g/mol. The molecule has 54 valence electrons. The molecule has 0 N–H and O–H groups in total. The molecule has 1 aliphatic rings. The smallest absolute Gasteiger partial charge is 0.317 e. The van der Waals surface area contributed by atoms with Gasteiger partial charge in [-0.25, -0.2) is 0 Å². The summed E-state index contributed by atoms with van der Waals surface area (Å²) in [5.74, 6) is -0.881. The van der Waals surface area contributed by atoms with Gasteiger partial charge >= 0.3 is 11.9 Å². The minimum absolute atomic E-state index is 0.266. The molecule has 0 atom stereocenters. The molecule has 10 heavy (non-hydrogen) atoms. The van der Waals surface area contributed by atoms with Gasteiger partial charge in [-0.15, -0.1) is 0 Å². The van der Waals surface area contributed by atoms with Crippen LogP contribution >= 0.6 is 0 Å². The topological polar surface area (TPSA) is 43.4 Å². The highest BCUT2D eigenvalue weighted by Gasteiger charge is 2.20. The van der Waals surface area contributed by atoms with Crippen molar-refractivity contribution in [1.29, 1.82) is 0 Å². The van der Waals surface area contributed by atoms with Gasteiger partial charge in [-0.2, -0.15) is 0 Å². The maximum Gasteiger partial charge on any atom is 0.317 e. The highest BCUT2D eigenvalue weighted by molar-refractivity contribution is 5.91. The van der Waals surface area contributed by atoms with Gasteiger partial charge in [0.15, 0.2) is 0 Å². The molecule has 1 aliphatic heterocycles. The second kappa shape index (κ2) is 2.64. The molecule has 1 rings (SSSR count). The molecule has 0 saturated carbocycles. The minimum atomic E-state index is -0.440. The molecule has 0 bridgehead atoms. The third kappa shape index (κ3) is 1.43. The summed E-state index contributed by atoms with van der Waals surface area (Å²) in [6, 6.07) is 0. The molecule has 0 amide bonds. The van der Waals surface area contributed by atoms with E-state index in [0.29, 0.717) is 0 Å². The first-order valence-corrected chi connectivity index (χ1v) is 3.10. The third-order valence-corrected chi connectivity index (χ3v) is 1.38. The number of hydrogen-bond donors (Lipinski definition) is 0. The zero-order valence-electron chi connectivity index (χ0n) is 5.72. The van der Waals surface area contributed by atoms with Crippen LogP contribution in [0.4, 0.5) is 0 Å². The van der Waals surface area contributed by atoms with Crippen LogP contribution in [0.1, 0.15) is 19.8 Å². The summed E-state index contributed by atoms with van der Waals surface area (Å²) in [5.41, 5.74) is 0.848. The molecule has 0 aromatic rings. The van der Waals surface area contributed by atoms with E-state index >= 15 is 0 Å². The summed E-state index contributed by atoms with van der Waals surface area (Å²) in [6.45, 7) is 1.81. The molecule has 0 unspecified atom stereocenters. The maximum absolute atomic E-state index is 10.6. The van der Waals surface area contributed by atoms with Gasteiger partial charge in [0.2, 0.25) is 0 Å². The summed E-state index contributed by atoms with van der Waals surface area (Å²) in [7, 11) is 0. The van der Waals surface area contributed by atoms with Gasteiger partial charge in [-0.3, -0.25) is 9.59 Å². The van der Waals surface area contributed by atoms with Crippen LogP contribution in [-0.4, -0.2) is 11.9 Å². The lowest BCUT2D eigenvalue weighted by Gasteiger charge is -2.10. The first-order valence-electron chi connectivity index (χ1n) is 3.10. The van der Waals surface area contributed by atoms with Gasteiger partial charge in [0.05, 0.1) is 12.8 Å². The summed E-state index contributed by atoms with van der Waals surface area (Å²) < 4.78 is 4.30. The Hall–Kier alpha value is -1.12. The zero-order chi connectivity index (χ0) is 7.56. The minimum Gasteiger partial charge on any atom is -0.393 e. The predicted molar refractivity (Wildman–Crippen MR) is 34.1 cm³/mol. The van der Waals surface area contributed by atoms with Crippen molar-refractivity contribution in [3.63, 3.8) is 0 Å². The van der Waals surface area contributed by atoms with Crippen LogP contribution in [0.2, 0.25) is 0 Å². The first kappa shape index (κ1) is 6.99. The second-order valence-electron chi connectivity index (χ2n) is 2.15. The van der Waals surface area contributed by atoms with E-state index in [1.807, 2.05) is 0 Å². The number of allylic oxidation sites excluding steroid dienone is 1. The van der Waals surface area contributed by atoms with Crippen molar-refractivity contribution in [3.8, 4) is 0 Å². The van der Waals surface area contributed by atoms with Crippen LogP contribution in [0.3, 0.4) is 0 Å². The fraction of sp³-hybridized carbons (Fsp3) is 0.429. The standard InChI is InChI=1S/C7H8O3/c1-2-5-3-6(8)10-7(9)4-5/h2H,3-4H2,1H3. The largest absolute Gasteiger partial charge is 0.393 e. The van der Waals surface area contributed by atoms with Gasteiger partial charge in [-0.05, 0) is 6.92 Å². The predicted octanol–water partition coefficient (Wildman–Crippen LogP) is 0.796. The van der Waals surface area contributed by atoms with Gasteiger partial charge in [-0.1, -0.05) is 11.6 Å². The molecule has 0 aromatic carbocycles. The van der Waals surface area contributed by atoms with E-state index in [-0.39, 0.29) is 12.8 Å². The molecule has 1 saturated heterocycles. The van der Waals surface area contributed by atoms with E-state index in [4.69, 9.17) is 0 Å². The van der Waals surface area contributed by atoms with Gasteiger partial charge in [0.1, 0.15) is 0 Å². The van der Waals surface area contributed by atoms with Crippen LogP contribution in [-0.2, 0) is 14.3 Å². The van der Waals surface area contributed by atoms with Gasteiger partial charge in [0.25, 0.3) is 0 Å². The number of ether oxygens (including phenoxy) is 1. The van der Waals surface area contributed by atoms with Gasteiger partial charge in [0, 0.05) is 0 Å². The summed E-state index contributed by atoms with van der Waals surface area (Å²) in [6.07, 6.45) is 2.31. The summed E-state index contributed by atoms with van der Waals surface area (Å²) in [4.78, 5) is 21.1. The van der Waals surface area contributed by atoms with Crippen LogP contribution < -0.4 is 0 Å². The Labute approximate surface area is 58.7 Å². The molecule has 1 fully saturated rings. The fourth-order valence-electron chi connectivity index (χ4n) is 0.837. The number of esters is 2. The highest BCUT2D eigenvalue weighted by atomic mass is 16.6. The summed E-state index contributed by atoms with van der Waals surface area (Å²) in [5, 5.41) is 0. The zero-order valence-corrected chi connectivity index (χ0v) is 5.72. The Kier molecular flexibility index (Phi) is 1.85. The molecule has 3 nitrogen and oxygen atoms in total. The van der Waals surface area contributed by atoms with E-state index < -0.39 is 11.9 Å². The molecular formula is C7H8O3. The lowest BCUT2D eigenvalue weighted by molar-refractivity contribution is -0.160. The van der Waals surface area contributed by atoms with E-state index in [1.165, 1.54) is 0 Å². The van der Waals surface area contributed by atoms with E-state index in [2.05, 4.69) is 4.74 Å². The van der Waals surface area contributed by atoms with Crippen molar-refractivity contribution in [2.75, 3.05) is 0 Å². The van der Waals surface area contributed by atoms with Crippen molar-refractivity contribution in [1.82, 2.24) is 0 Å². The van der Waals surface area contributed by atoms with Crippen LogP contribution in [0, 0.1) is 0 Å². The fourth-order valence-corrected chi connectivity index (χ4v) is 0.837. The molecule has 0 spiro atoms. The highest BCUT2D eigenvalue weighted by Crippen LogP contribution is 2.14. The molecule has 0 radical (unpaired) electrons.